The van der Waals surface area contributed by atoms with Gasteiger partial charge in [0.1, 0.15) is 5.82 Å². The van der Waals surface area contributed by atoms with Gasteiger partial charge in [0, 0.05) is 26.7 Å². The molecule has 0 saturated heterocycles. The molecule has 0 aliphatic heterocycles. The van der Waals surface area contributed by atoms with Gasteiger partial charge in [-0.05, 0) is 19.2 Å². The number of hydrogen-bond donors (Lipinski definition) is 1. The van der Waals surface area contributed by atoms with Crippen molar-refractivity contribution in [3.8, 4) is 0 Å². The lowest BCUT2D eigenvalue weighted by molar-refractivity contribution is 0.171. The van der Waals surface area contributed by atoms with Gasteiger partial charge < -0.3 is 15.0 Å². The van der Waals surface area contributed by atoms with Crippen LogP contribution < -0.4 is 10.2 Å². The van der Waals surface area contributed by atoms with Crippen molar-refractivity contribution in [3.63, 3.8) is 0 Å². The van der Waals surface area contributed by atoms with Gasteiger partial charge in [-0.1, -0.05) is 12.1 Å². The van der Waals surface area contributed by atoms with Crippen LogP contribution in [0, 0.1) is 5.82 Å². The number of ether oxygens (including phenoxy) is 1. The van der Waals surface area contributed by atoms with Crippen molar-refractivity contribution in [2.45, 2.75) is 6.04 Å². The van der Waals surface area contributed by atoms with Crippen LogP contribution in [0.15, 0.2) is 24.3 Å². The van der Waals surface area contributed by atoms with Gasteiger partial charge in [-0.25, -0.2) is 4.39 Å². The number of methoxy groups -OCH3 is 1. The van der Waals surface area contributed by atoms with Gasteiger partial charge >= 0.3 is 0 Å². The molecule has 90 valence electrons. The van der Waals surface area contributed by atoms with E-state index in [2.05, 4.69) is 5.32 Å². The molecular weight excluding hydrogens is 207 g/mol. The molecule has 1 N–H and O–H groups in total. The van der Waals surface area contributed by atoms with Crippen molar-refractivity contribution in [1.82, 2.24) is 5.32 Å². The topological polar surface area (TPSA) is 24.5 Å². The number of nitrogens with one attached hydrogen (secondary N) is 1. The maximum absolute atomic E-state index is 13.5. The molecule has 1 rings (SSSR count). The summed E-state index contributed by atoms with van der Waals surface area (Å²) in [6, 6.07) is 6.96. The van der Waals surface area contributed by atoms with Gasteiger partial charge in [-0.2, -0.15) is 0 Å². The van der Waals surface area contributed by atoms with E-state index in [-0.39, 0.29) is 11.9 Å². The van der Waals surface area contributed by atoms with E-state index in [0.717, 1.165) is 0 Å². The van der Waals surface area contributed by atoms with Crippen LogP contribution in [0.1, 0.15) is 0 Å². The Kier molecular flexibility index (Phi) is 5.22. The molecule has 0 aromatic heterocycles. The number of nitrogens with zero attached hydrogens (tertiary/aromatic N) is 1. The highest BCUT2D eigenvalue weighted by Crippen LogP contribution is 2.16. The van der Waals surface area contributed by atoms with Gasteiger partial charge in [0.2, 0.25) is 0 Å². The Morgan fingerprint density at radius 1 is 1.44 bits per heavy atom. The lowest BCUT2D eigenvalue weighted by Crippen LogP contribution is -2.41. The zero-order valence-electron chi connectivity index (χ0n) is 10.0. The average Bonchev–Trinajstić information content (AvgIpc) is 2.28. The van der Waals surface area contributed by atoms with Gasteiger partial charge in [0.15, 0.2) is 0 Å². The number of rotatable bonds is 6. The van der Waals surface area contributed by atoms with Crippen molar-refractivity contribution in [2.24, 2.45) is 0 Å². The van der Waals surface area contributed by atoms with Gasteiger partial charge in [0.05, 0.1) is 12.3 Å². The fourth-order valence-electron chi connectivity index (χ4n) is 1.62. The lowest BCUT2D eigenvalue weighted by Gasteiger charge is -2.25. The van der Waals surface area contributed by atoms with E-state index in [4.69, 9.17) is 4.74 Å². The summed E-state index contributed by atoms with van der Waals surface area (Å²) in [4.78, 5) is 1.88. The van der Waals surface area contributed by atoms with Crippen molar-refractivity contribution >= 4 is 5.69 Å². The fourth-order valence-corrected chi connectivity index (χ4v) is 1.62. The summed E-state index contributed by atoms with van der Waals surface area (Å²) in [5.41, 5.74) is 0.610. The molecule has 0 bridgehead atoms. The third kappa shape index (κ3) is 3.47. The number of halogens is 1. The average molecular weight is 226 g/mol. The summed E-state index contributed by atoms with van der Waals surface area (Å²) in [7, 11) is 5.41. The van der Waals surface area contributed by atoms with Crippen molar-refractivity contribution in [1.29, 1.82) is 0 Å². The second kappa shape index (κ2) is 6.45. The Bertz CT molecular complexity index is 320. The third-order valence-electron chi connectivity index (χ3n) is 2.53. The Morgan fingerprint density at radius 3 is 2.69 bits per heavy atom. The smallest absolute Gasteiger partial charge is 0.146 e. The molecule has 16 heavy (non-hydrogen) atoms. The molecule has 1 aromatic carbocycles. The molecule has 0 heterocycles. The van der Waals surface area contributed by atoms with Crippen LogP contribution >= 0.6 is 0 Å². The molecule has 1 atom stereocenters. The molecule has 0 fully saturated rings. The number of anilines is 1. The van der Waals surface area contributed by atoms with E-state index in [1.165, 1.54) is 6.07 Å². The standard InChI is InChI=1S/C12H19FN2O/c1-14-10(9-16-3)8-15(2)12-7-5-4-6-11(12)13/h4-7,10,14H,8-9H2,1-3H3. The molecule has 3 nitrogen and oxygen atoms in total. The van der Waals surface area contributed by atoms with E-state index in [1.807, 2.05) is 25.1 Å². The molecule has 0 spiro atoms. The molecule has 0 amide bonds. The molecule has 1 unspecified atom stereocenters. The Morgan fingerprint density at radius 2 is 2.12 bits per heavy atom. The number of likely N-dealkylation sites (N-methyl/N-ethyl adjacent to an activating group) is 2. The van der Waals surface area contributed by atoms with Gasteiger partial charge in [-0.15, -0.1) is 0 Å². The first-order chi connectivity index (χ1) is 7.69. The largest absolute Gasteiger partial charge is 0.383 e. The van der Waals surface area contributed by atoms with Crippen LogP contribution in [0.5, 0.6) is 0 Å². The summed E-state index contributed by atoms with van der Waals surface area (Å²) in [5, 5.41) is 3.13. The van der Waals surface area contributed by atoms with Gasteiger partial charge in [-0.3, -0.25) is 0 Å². The predicted octanol–water partition coefficient (Wildman–Crippen LogP) is 1.50. The van der Waals surface area contributed by atoms with Crippen LogP contribution in [-0.4, -0.2) is 40.4 Å². The van der Waals surface area contributed by atoms with Crippen molar-refractivity contribution < 1.29 is 9.13 Å². The van der Waals surface area contributed by atoms with Crippen LogP contribution in [0.3, 0.4) is 0 Å². The van der Waals surface area contributed by atoms with E-state index >= 15 is 0 Å². The minimum Gasteiger partial charge on any atom is -0.383 e. The van der Waals surface area contributed by atoms with E-state index in [1.54, 1.807) is 19.2 Å². The Balaban J connectivity index is 2.64. The molecule has 0 saturated carbocycles. The molecule has 0 aliphatic rings. The third-order valence-corrected chi connectivity index (χ3v) is 2.53. The fraction of sp³-hybridized carbons (Fsp3) is 0.500. The van der Waals surface area contributed by atoms with Crippen molar-refractivity contribution in [2.75, 3.05) is 39.3 Å². The lowest BCUT2D eigenvalue weighted by atomic mass is 10.2. The van der Waals surface area contributed by atoms with Crippen LogP contribution in [-0.2, 0) is 4.74 Å². The second-order valence-electron chi connectivity index (χ2n) is 3.77. The van der Waals surface area contributed by atoms with Crippen LogP contribution in [0.25, 0.3) is 0 Å². The monoisotopic (exact) mass is 226 g/mol. The molecule has 0 radical (unpaired) electrons. The van der Waals surface area contributed by atoms with E-state index in [9.17, 15) is 4.39 Å². The summed E-state index contributed by atoms with van der Waals surface area (Å²) in [5.74, 6) is -0.197. The second-order valence-corrected chi connectivity index (χ2v) is 3.77. The number of benzene rings is 1. The predicted molar refractivity (Wildman–Crippen MR) is 64.4 cm³/mol. The quantitative estimate of drug-likeness (QED) is 0.795. The minimum atomic E-state index is -0.197. The molecule has 0 aliphatic carbocycles. The normalized spacial score (nSPS) is 12.5. The first-order valence-electron chi connectivity index (χ1n) is 5.31. The van der Waals surface area contributed by atoms with Gasteiger partial charge in [0.25, 0.3) is 0 Å². The summed E-state index contributed by atoms with van der Waals surface area (Å²) >= 11 is 0. The van der Waals surface area contributed by atoms with Crippen LogP contribution in [0.2, 0.25) is 0 Å². The Labute approximate surface area is 96.2 Å². The highest BCUT2D eigenvalue weighted by Gasteiger charge is 2.12. The maximum Gasteiger partial charge on any atom is 0.146 e. The molecular formula is C12H19FN2O. The number of para-hydroxylation sites is 1. The molecule has 1 aromatic rings. The molecule has 4 heteroatoms. The van der Waals surface area contributed by atoms with E-state index in [0.29, 0.717) is 18.8 Å². The summed E-state index contributed by atoms with van der Waals surface area (Å²) < 4.78 is 18.6. The Hall–Kier alpha value is -1.13. The summed E-state index contributed by atoms with van der Waals surface area (Å²) in [6.45, 7) is 1.31. The first kappa shape index (κ1) is 12.9. The zero-order valence-corrected chi connectivity index (χ0v) is 10.0. The SMILES string of the molecule is CNC(COC)CN(C)c1ccccc1F. The van der Waals surface area contributed by atoms with Crippen molar-refractivity contribution in [3.05, 3.63) is 30.1 Å². The zero-order chi connectivity index (χ0) is 12.0. The van der Waals surface area contributed by atoms with Crippen LogP contribution in [0.4, 0.5) is 10.1 Å². The summed E-state index contributed by atoms with van der Waals surface area (Å²) in [6.07, 6.45) is 0. The number of hydrogen-bond acceptors (Lipinski definition) is 3. The first-order valence-corrected chi connectivity index (χ1v) is 5.31. The maximum atomic E-state index is 13.5. The van der Waals surface area contributed by atoms with E-state index < -0.39 is 0 Å². The highest BCUT2D eigenvalue weighted by atomic mass is 19.1. The highest BCUT2D eigenvalue weighted by molar-refractivity contribution is 5.46. The minimum absolute atomic E-state index is 0.189.